The molecule has 4 aromatic carbocycles. The molecule has 0 aromatic heterocycles. The summed E-state index contributed by atoms with van der Waals surface area (Å²) in [6.07, 6.45) is 8.56. The SMILES string of the molecule is C=C1C[C@@H](C(=O)C[C@@H](CCC)C(OC)C(=O)CC2CC2)N(C(=O)OCC2c3ccccc3-c3ccccc32)C1.C=C1C[C@@H](C(=O)C[C@@H](CCC)C(OC)C(=O)CC2CC2)N(C(=O)[C@@H](NC(=O)OCc2ccccc2)C(C)(C)C)C1.O/N=C\c1cccc(Br)c1. The van der Waals surface area contributed by atoms with Crippen molar-refractivity contribution in [2.24, 2.45) is 34.2 Å². The lowest BCUT2D eigenvalue weighted by Gasteiger charge is -2.35. The molecule has 5 aliphatic rings. The Morgan fingerprint density at radius 1 is 0.685 bits per heavy atom. The molecule has 2 N–H and O–H groups in total. The molecule has 7 atom stereocenters. The third-order valence-electron chi connectivity index (χ3n) is 17.4. The van der Waals surface area contributed by atoms with Crippen molar-refractivity contribution in [3.05, 3.63) is 154 Å². The number of nitrogens with one attached hydrogen (secondary N) is 1. The van der Waals surface area contributed by atoms with Crippen LogP contribution in [0.4, 0.5) is 9.59 Å². The number of amides is 3. The number of oxime groups is 1. The quantitative estimate of drug-likeness (QED) is 0.0247. The minimum Gasteiger partial charge on any atom is -0.448 e. The van der Waals surface area contributed by atoms with Crippen LogP contribution in [0, 0.1) is 29.1 Å². The van der Waals surface area contributed by atoms with Gasteiger partial charge in [0, 0.05) is 63.4 Å². The zero-order valence-corrected chi connectivity index (χ0v) is 54.6. The van der Waals surface area contributed by atoms with Crippen molar-refractivity contribution >= 4 is 63.4 Å². The van der Waals surface area contributed by atoms with Gasteiger partial charge in [0.2, 0.25) is 5.91 Å². The minimum atomic E-state index is -0.907. The number of Topliss-reactive ketones (excluding diaryl/α,β-unsaturated/α-hetero) is 4. The average Bonchev–Trinajstić information content (AvgIpc) is 1.69. The smallest absolute Gasteiger partial charge is 0.410 e. The summed E-state index contributed by atoms with van der Waals surface area (Å²) in [5.74, 6) is 0.0675. The summed E-state index contributed by atoms with van der Waals surface area (Å²) in [4.78, 5) is 96.2. The normalized spacial score (nSPS) is 18.7. The number of ether oxygens (including phenoxy) is 4. The highest BCUT2D eigenvalue weighted by atomic mass is 79.9. The number of nitrogens with zero attached hydrogens (tertiary/aromatic N) is 3. The summed E-state index contributed by atoms with van der Waals surface area (Å²) >= 11 is 3.29. The van der Waals surface area contributed by atoms with Crippen LogP contribution in [0.2, 0.25) is 0 Å². The summed E-state index contributed by atoms with van der Waals surface area (Å²) in [5, 5.41) is 13.8. The lowest BCUT2D eigenvalue weighted by Crippen LogP contribution is -2.56. The van der Waals surface area contributed by atoms with Crippen LogP contribution in [0.3, 0.4) is 0 Å². The van der Waals surface area contributed by atoms with Crippen LogP contribution in [0.5, 0.6) is 0 Å². The van der Waals surface area contributed by atoms with E-state index >= 15 is 0 Å². The number of hydrogen-bond acceptors (Lipinski definition) is 13. The van der Waals surface area contributed by atoms with Gasteiger partial charge in [-0.15, -0.1) is 0 Å². The zero-order valence-electron chi connectivity index (χ0n) is 53.0. The Morgan fingerprint density at radius 3 is 1.65 bits per heavy atom. The molecule has 0 radical (unpaired) electrons. The summed E-state index contributed by atoms with van der Waals surface area (Å²) in [7, 11) is 3.09. The van der Waals surface area contributed by atoms with E-state index in [2.05, 4.69) is 70.7 Å². The van der Waals surface area contributed by atoms with Crippen LogP contribution in [0.25, 0.3) is 11.1 Å². The number of benzene rings is 4. The van der Waals surface area contributed by atoms with E-state index in [4.69, 9.17) is 24.2 Å². The largest absolute Gasteiger partial charge is 0.448 e. The van der Waals surface area contributed by atoms with Gasteiger partial charge < -0.3 is 34.4 Å². The van der Waals surface area contributed by atoms with E-state index in [1.165, 1.54) is 34.3 Å². The number of methoxy groups -OCH3 is 2. The summed E-state index contributed by atoms with van der Waals surface area (Å²) in [6.45, 7) is 18.6. The second-order valence-electron chi connectivity index (χ2n) is 25.6. The first kappa shape index (κ1) is 69.4. The van der Waals surface area contributed by atoms with E-state index in [1.807, 2.05) is 107 Å². The number of carbonyl (C=O) groups is 7. The van der Waals surface area contributed by atoms with Crippen LogP contribution in [-0.2, 0) is 49.5 Å². The second kappa shape index (κ2) is 33.1. The first-order valence-corrected chi connectivity index (χ1v) is 32.3. The van der Waals surface area contributed by atoms with E-state index in [9.17, 15) is 33.6 Å². The van der Waals surface area contributed by atoms with E-state index in [0.29, 0.717) is 50.5 Å². The highest BCUT2D eigenvalue weighted by molar-refractivity contribution is 9.10. The van der Waals surface area contributed by atoms with Crippen molar-refractivity contribution in [3.8, 4) is 11.1 Å². The number of ketones is 4. The average molecular weight is 1280 g/mol. The summed E-state index contributed by atoms with van der Waals surface area (Å²) in [5.41, 5.74) is 7.32. The molecule has 2 saturated carbocycles. The van der Waals surface area contributed by atoms with Crippen molar-refractivity contribution in [1.82, 2.24) is 15.1 Å². The molecule has 2 saturated heterocycles. The molecule has 2 aliphatic heterocycles. The number of alkyl carbamates (subject to hydrolysis) is 1. The van der Waals surface area contributed by atoms with Crippen LogP contribution in [0.1, 0.15) is 153 Å². The maximum Gasteiger partial charge on any atom is 0.410 e. The van der Waals surface area contributed by atoms with Gasteiger partial charge in [0.1, 0.15) is 31.5 Å². The maximum atomic E-state index is 13.9. The summed E-state index contributed by atoms with van der Waals surface area (Å²) < 4.78 is 23.5. The van der Waals surface area contributed by atoms with E-state index in [-0.39, 0.29) is 79.4 Å². The Bertz CT molecular complexity index is 3100. The van der Waals surface area contributed by atoms with Crippen LogP contribution in [0.15, 0.2) is 137 Å². The molecular weight excluding hydrogens is 1190 g/mol. The van der Waals surface area contributed by atoms with Crippen LogP contribution >= 0.6 is 15.9 Å². The molecule has 3 amide bonds. The van der Waals surface area contributed by atoms with Crippen molar-refractivity contribution < 1.29 is 57.7 Å². The molecule has 89 heavy (non-hydrogen) atoms. The fourth-order valence-electron chi connectivity index (χ4n) is 12.5. The number of likely N-dealkylation sites (tertiary alicyclic amines) is 2. The lowest BCUT2D eigenvalue weighted by atomic mass is 9.84. The highest BCUT2D eigenvalue weighted by Gasteiger charge is 2.45. The van der Waals surface area contributed by atoms with Gasteiger partial charge in [0.05, 0.1) is 18.3 Å². The van der Waals surface area contributed by atoms with E-state index in [1.54, 1.807) is 7.11 Å². The molecule has 4 fully saturated rings. The summed E-state index contributed by atoms with van der Waals surface area (Å²) in [6, 6.07) is 31.0. The van der Waals surface area contributed by atoms with Gasteiger partial charge >= 0.3 is 12.2 Å². The van der Waals surface area contributed by atoms with Gasteiger partial charge in [0.15, 0.2) is 23.1 Å². The zero-order chi connectivity index (χ0) is 64.4. The van der Waals surface area contributed by atoms with E-state index < -0.39 is 47.9 Å². The minimum absolute atomic E-state index is 0.0461. The van der Waals surface area contributed by atoms with Crippen LogP contribution in [-0.4, -0.2) is 127 Å². The molecule has 0 bridgehead atoms. The van der Waals surface area contributed by atoms with Crippen molar-refractivity contribution in [2.45, 2.75) is 167 Å². The first-order valence-electron chi connectivity index (χ1n) is 31.5. The Labute approximate surface area is 534 Å². The third kappa shape index (κ3) is 19.7. The van der Waals surface area contributed by atoms with Crippen LogP contribution < -0.4 is 5.32 Å². The Kier molecular flexibility index (Phi) is 25.8. The predicted molar refractivity (Wildman–Crippen MR) is 347 cm³/mol. The maximum absolute atomic E-state index is 13.9. The second-order valence-corrected chi connectivity index (χ2v) is 26.5. The number of rotatable bonds is 27. The molecule has 2 unspecified atom stereocenters. The van der Waals surface area contributed by atoms with Gasteiger partial charge in [-0.1, -0.05) is 184 Å². The van der Waals surface area contributed by atoms with Crippen molar-refractivity contribution in [3.63, 3.8) is 0 Å². The third-order valence-corrected chi connectivity index (χ3v) is 17.9. The standard InChI is InChI=1S/C33H39NO5.C32H46N2O6.C7H6BrNO/c1-4-9-23(32(38-3)31(36)17-22-14-15-22)18-30(35)29-16-21(2)19-34(29)33(37)39-20-28-26-12-7-5-10-24(26)25-11-6-8-13-27(25)28;1-7-11-24(28(39-6)27(36)17-22-14-15-22)18-26(35)25-16-21(2)19-34(25)30(37)29(32(3,4)5)33-31(38)40-20-23-12-9-8-10-13-23;8-7-3-1-2-6(4-7)5-9-10/h5-8,10-13,22-23,28-29,32H,2,4,9,14-20H2,1,3H3;8-10,12-13,22,24-25,28-29H,2,7,11,14-20H2,1,3-6H3,(H,33,38);1-5,10H/b;;9-5-/t23-,29+,32?;24-,25+,28?,29-;/m11./s1. The van der Waals surface area contributed by atoms with Gasteiger partial charge in [-0.05, 0) is 126 Å². The molecule has 17 heteroatoms. The Morgan fingerprint density at radius 2 is 1.18 bits per heavy atom. The topological polar surface area (TPSA) is 208 Å². The highest BCUT2D eigenvalue weighted by Crippen LogP contribution is 2.45. The predicted octanol–water partition coefficient (Wildman–Crippen LogP) is 13.8. The van der Waals surface area contributed by atoms with Crippen molar-refractivity contribution in [1.29, 1.82) is 0 Å². The fourth-order valence-corrected chi connectivity index (χ4v) is 12.9. The lowest BCUT2D eigenvalue weighted by molar-refractivity contribution is -0.142. The van der Waals surface area contributed by atoms with Gasteiger partial charge in [0.25, 0.3) is 0 Å². The monoisotopic (exact) mass is 1280 g/mol. The number of fused-ring (bicyclic) bond motifs is 3. The fraction of sp³-hybridized carbons (Fsp3) is 0.500. The van der Waals surface area contributed by atoms with Gasteiger partial charge in [-0.25, -0.2) is 9.59 Å². The molecule has 0 spiro atoms. The molecule has 4 aromatic rings. The van der Waals surface area contributed by atoms with Gasteiger partial charge in [-0.3, -0.25) is 28.9 Å². The molecule has 2 heterocycles. The molecular formula is C72H91BrN4O12. The first-order chi connectivity index (χ1) is 42.7. The molecule has 9 rings (SSSR count). The molecule has 16 nitrogen and oxygen atoms in total. The van der Waals surface area contributed by atoms with Crippen molar-refractivity contribution in [2.75, 3.05) is 33.9 Å². The Balaban J connectivity index is 0.000000219. The number of halogens is 1. The van der Waals surface area contributed by atoms with E-state index in [0.717, 1.165) is 82.8 Å². The number of carbonyl (C=O) groups excluding carboxylic acids is 7. The molecule has 3 aliphatic carbocycles. The van der Waals surface area contributed by atoms with Gasteiger partial charge in [-0.2, -0.15) is 0 Å². The molecule has 478 valence electrons. The number of hydrogen-bond donors (Lipinski definition) is 2. The Hall–Kier alpha value is -7.08.